The second kappa shape index (κ2) is 7.27. The monoisotopic (exact) mass is 312 g/mol. The van der Waals surface area contributed by atoms with E-state index in [-0.39, 0.29) is 6.04 Å². The van der Waals surface area contributed by atoms with Gasteiger partial charge in [-0.25, -0.2) is 4.98 Å². The fourth-order valence-electron chi connectivity index (χ4n) is 2.76. The van der Waals surface area contributed by atoms with Gasteiger partial charge in [0.25, 0.3) is 0 Å². The number of aryl methyl sites for hydroxylation is 1. The van der Waals surface area contributed by atoms with Gasteiger partial charge in [0.1, 0.15) is 23.4 Å². The van der Waals surface area contributed by atoms with Crippen LogP contribution in [0.15, 0.2) is 34.9 Å². The zero-order chi connectivity index (χ0) is 16.1. The van der Waals surface area contributed by atoms with E-state index in [1.807, 2.05) is 19.1 Å². The molecule has 3 heterocycles. The standard InChI is InChI=1S/C17H20N4O2/c1-13-4-5-16(23-13)15(21-7-9-22-10-8-21)12-20-17-14(11-18)3-2-6-19-17/h2-6,15H,7-10,12H2,1H3,(H,19,20)/t15-/m1/s1. The minimum Gasteiger partial charge on any atom is -0.465 e. The molecule has 3 rings (SSSR count). The van der Waals surface area contributed by atoms with Crippen LogP contribution in [-0.2, 0) is 4.74 Å². The molecule has 0 spiro atoms. The van der Waals surface area contributed by atoms with E-state index in [4.69, 9.17) is 9.15 Å². The molecule has 1 atom stereocenters. The Morgan fingerprint density at radius 3 is 2.87 bits per heavy atom. The molecule has 0 aliphatic carbocycles. The van der Waals surface area contributed by atoms with E-state index in [2.05, 4.69) is 21.3 Å². The summed E-state index contributed by atoms with van der Waals surface area (Å²) in [5.41, 5.74) is 0.545. The smallest absolute Gasteiger partial charge is 0.143 e. The third-order valence-corrected chi connectivity index (χ3v) is 3.97. The molecule has 0 saturated carbocycles. The zero-order valence-corrected chi connectivity index (χ0v) is 13.2. The van der Waals surface area contributed by atoms with Crippen LogP contribution in [-0.4, -0.2) is 42.7 Å². The highest BCUT2D eigenvalue weighted by Crippen LogP contribution is 2.24. The number of morpholine rings is 1. The number of furan rings is 1. The Balaban J connectivity index is 1.77. The third-order valence-electron chi connectivity index (χ3n) is 3.97. The molecule has 0 aromatic carbocycles. The maximum absolute atomic E-state index is 9.18. The molecule has 2 aromatic heterocycles. The normalized spacial score (nSPS) is 16.7. The van der Waals surface area contributed by atoms with Crippen molar-refractivity contribution < 1.29 is 9.15 Å². The SMILES string of the molecule is Cc1ccc([C@@H](CNc2ncccc2C#N)N2CCOCC2)o1. The van der Waals surface area contributed by atoms with E-state index in [9.17, 15) is 5.26 Å². The number of nitrogens with one attached hydrogen (secondary N) is 1. The molecule has 0 unspecified atom stereocenters. The van der Waals surface area contributed by atoms with E-state index in [1.165, 1.54) is 0 Å². The molecule has 0 amide bonds. The summed E-state index contributed by atoms with van der Waals surface area (Å²) in [5, 5.41) is 12.5. The summed E-state index contributed by atoms with van der Waals surface area (Å²) in [6.07, 6.45) is 1.68. The van der Waals surface area contributed by atoms with Crippen molar-refractivity contribution in [1.29, 1.82) is 5.26 Å². The molecule has 0 bridgehead atoms. The topological polar surface area (TPSA) is 74.3 Å². The van der Waals surface area contributed by atoms with E-state index in [1.54, 1.807) is 18.3 Å². The van der Waals surface area contributed by atoms with Gasteiger partial charge in [0.05, 0.1) is 24.8 Å². The first-order valence-electron chi connectivity index (χ1n) is 7.75. The molecule has 23 heavy (non-hydrogen) atoms. The lowest BCUT2D eigenvalue weighted by molar-refractivity contribution is 0.0143. The summed E-state index contributed by atoms with van der Waals surface area (Å²) < 4.78 is 11.3. The van der Waals surface area contributed by atoms with Crippen LogP contribution in [0.3, 0.4) is 0 Å². The van der Waals surface area contributed by atoms with Crippen LogP contribution in [0.2, 0.25) is 0 Å². The van der Waals surface area contributed by atoms with Crippen LogP contribution in [0.5, 0.6) is 0 Å². The molecular weight excluding hydrogens is 292 g/mol. The lowest BCUT2D eigenvalue weighted by Crippen LogP contribution is -2.41. The minimum absolute atomic E-state index is 0.0844. The second-order valence-corrected chi connectivity index (χ2v) is 5.50. The molecule has 1 N–H and O–H groups in total. The Morgan fingerprint density at radius 1 is 1.35 bits per heavy atom. The number of hydrogen-bond acceptors (Lipinski definition) is 6. The van der Waals surface area contributed by atoms with Crippen LogP contribution >= 0.6 is 0 Å². The Morgan fingerprint density at radius 2 is 2.17 bits per heavy atom. The minimum atomic E-state index is 0.0844. The number of nitrogens with zero attached hydrogens (tertiary/aromatic N) is 3. The highest BCUT2D eigenvalue weighted by molar-refractivity contribution is 5.51. The first kappa shape index (κ1) is 15.5. The van der Waals surface area contributed by atoms with Gasteiger partial charge < -0.3 is 14.5 Å². The van der Waals surface area contributed by atoms with Crippen LogP contribution in [0.4, 0.5) is 5.82 Å². The van der Waals surface area contributed by atoms with Crippen molar-refractivity contribution in [3.8, 4) is 6.07 Å². The van der Waals surface area contributed by atoms with Crippen molar-refractivity contribution >= 4 is 5.82 Å². The quantitative estimate of drug-likeness (QED) is 0.913. The first-order chi connectivity index (χ1) is 11.3. The summed E-state index contributed by atoms with van der Waals surface area (Å²) >= 11 is 0. The van der Waals surface area contributed by atoms with E-state index in [0.29, 0.717) is 17.9 Å². The summed E-state index contributed by atoms with van der Waals surface area (Å²) in [7, 11) is 0. The van der Waals surface area contributed by atoms with Crippen molar-refractivity contribution in [3.63, 3.8) is 0 Å². The number of pyridine rings is 1. The van der Waals surface area contributed by atoms with Crippen LogP contribution in [0, 0.1) is 18.3 Å². The second-order valence-electron chi connectivity index (χ2n) is 5.50. The van der Waals surface area contributed by atoms with Crippen LogP contribution in [0.25, 0.3) is 0 Å². The molecule has 1 fully saturated rings. The van der Waals surface area contributed by atoms with Gasteiger partial charge in [-0.15, -0.1) is 0 Å². The largest absolute Gasteiger partial charge is 0.465 e. The molecule has 6 nitrogen and oxygen atoms in total. The number of rotatable bonds is 5. The third kappa shape index (κ3) is 3.70. The highest BCUT2D eigenvalue weighted by atomic mass is 16.5. The molecule has 0 radical (unpaired) electrons. The molecule has 2 aromatic rings. The van der Waals surface area contributed by atoms with Gasteiger partial charge in [0.2, 0.25) is 0 Å². The average Bonchev–Trinajstić information content (AvgIpc) is 3.02. The number of anilines is 1. The van der Waals surface area contributed by atoms with Gasteiger partial charge in [0, 0.05) is 25.8 Å². The zero-order valence-electron chi connectivity index (χ0n) is 13.2. The fourth-order valence-corrected chi connectivity index (χ4v) is 2.76. The molecule has 1 saturated heterocycles. The van der Waals surface area contributed by atoms with Gasteiger partial charge in [0.15, 0.2) is 0 Å². The molecule has 6 heteroatoms. The first-order valence-corrected chi connectivity index (χ1v) is 7.75. The van der Waals surface area contributed by atoms with Crippen molar-refractivity contribution in [1.82, 2.24) is 9.88 Å². The molecule has 1 aliphatic rings. The Hall–Kier alpha value is -2.36. The molecule has 120 valence electrons. The maximum Gasteiger partial charge on any atom is 0.143 e. The molecule has 1 aliphatic heterocycles. The van der Waals surface area contributed by atoms with E-state index >= 15 is 0 Å². The van der Waals surface area contributed by atoms with Gasteiger partial charge in [-0.1, -0.05) is 0 Å². The number of aromatic nitrogens is 1. The van der Waals surface area contributed by atoms with Crippen molar-refractivity contribution in [2.75, 3.05) is 38.2 Å². The van der Waals surface area contributed by atoms with Gasteiger partial charge in [-0.2, -0.15) is 5.26 Å². The van der Waals surface area contributed by atoms with Crippen LogP contribution in [0.1, 0.15) is 23.1 Å². The highest BCUT2D eigenvalue weighted by Gasteiger charge is 2.25. The average molecular weight is 312 g/mol. The van der Waals surface area contributed by atoms with Crippen LogP contribution < -0.4 is 5.32 Å². The maximum atomic E-state index is 9.18. The molecular formula is C17H20N4O2. The van der Waals surface area contributed by atoms with E-state index in [0.717, 1.165) is 37.8 Å². The Kier molecular flexibility index (Phi) is 4.91. The number of hydrogen-bond donors (Lipinski definition) is 1. The summed E-state index contributed by atoms with van der Waals surface area (Å²) in [6.45, 7) is 5.74. The summed E-state index contributed by atoms with van der Waals surface area (Å²) in [5.74, 6) is 2.43. The number of nitriles is 1. The van der Waals surface area contributed by atoms with Gasteiger partial charge in [-0.05, 0) is 31.2 Å². The van der Waals surface area contributed by atoms with E-state index < -0.39 is 0 Å². The predicted octanol–water partition coefficient (Wildman–Crippen LogP) is 2.34. The van der Waals surface area contributed by atoms with Crippen molar-refractivity contribution in [3.05, 3.63) is 47.5 Å². The van der Waals surface area contributed by atoms with Crippen molar-refractivity contribution in [2.24, 2.45) is 0 Å². The lowest BCUT2D eigenvalue weighted by atomic mass is 10.1. The summed E-state index contributed by atoms with van der Waals surface area (Å²) in [6, 6.07) is 9.76. The Bertz CT molecular complexity index is 686. The lowest BCUT2D eigenvalue weighted by Gasteiger charge is -2.33. The number of ether oxygens (including phenoxy) is 1. The van der Waals surface area contributed by atoms with Gasteiger partial charge in [-0.3, -0.25) is 4.90 Å². The fraction of sp³-hybridized carbons (Fsp3) is 0.412. The van der Waals surface area contributed by atoms with Gasteiger partial charge >= 0.3 is 0 Å². The Labute approximate surface area is 135 Å². The summed E-state index contributed by atoms with van der Waals surface area (Å²) in [4.78, 5) is 6.60. The van der Waals surface area contributed by atoms with Crippen molar-refractivity contribution in [2.45, 2.75) is 13.0 Å². The predicted molar refractivity (Wildman–Crippen MR) is 86.0 cm³/mol.